The fourth-order valence-corrected chi connectivity index (χ4v) is 5.87. The summed E-state index contributed by atoms with van der Waals surface area (Å²) in [5.41, 5.74) is 0. The fraction of sp³-hybridized carbons (Fsp3) is 0.600. The van der Waals surface area contributed by atoms with Gasteiger partial charge in [0.25, 0.3) is 0 Å². The molecule has 25 heavy (non-hydrogen) atoms. The summed E-state index contributed by atoms with van der Waals surface area (Å²) in [4.78, 5) is 0.0204. The van der Waals surface area contributed by atoms with E-state index in [1.807, 2.05) is 0 Å². The van der Waals surface area contributed by atoms with Gasteiger partial charge in [0.2, 0.25) is 20.0 Å². The summed E-state index contributed by atoms with van der Waals surface area (Å²) in [6, 6.07) is 5.73. The molecule has 2 aliphatic heterocycles. The molecule has 1 aromatic carbocycles. The molecule has 2 N–H and O–H groups in total. The maximum Gasteiger partial charge on any atom is 0.243 e. The van der Waals surface area contributed by atoms with Crippen LogP contribution in [0.25, 0.3) is 0 Å². The number of nitrogens with zero attached hydrogens (tertiary/aromatic N) is 1. The van der Waals surface area contributed by atoms with E-state index in [2.05, 4.69) is 10.0 Å². The highest BCUT2D eigenvalue weighted by Crippen LogP contribution is 2.23. The molecule has 0 bridgehead atoms. The number of hydrogen-bond acceptors (Lipinski definition) is 5. The van der Waals surface area contributed by atoms with Crippen LogP contribution in [0, 0.1) is 0 Å². The highest BCUT2D eigenvalue weighted by Gasteiger charge is 2.28. The molecular weight excluding hydrogens is 386 g/mol. The molecule has 1 atom stereocenters. The van der Waals surface area contributed by atoms with E-state index in [-0.39, 0.29) is 28.2 Å². The van der Waals surface area contributed by atoms with Gasteiger partial charge in [0, 0.05) is 25.7 Å². The molecule has 2 heterocycles. The van der Waals surface area contributed by atoms with E-state index in [0.717, 1.165) is 32.2 Å². The number of halogens is 1. The zero-order chi connectivity index (χ0) is 17.2. The van der Waals surface area contributed by atoms with Gasteiger partial charge in [0.1, 0.15) is 0 Å². The number of sulfonamides is 2. The molecule has 0 aromatic heterocycles. The first-order valence-corrected chi connectivity index (χ1v) is 11.2. The van der Waals surface area contributed by atoms with E-state index >= 15 is 0 Å². The Morgan fingerprint density at radius 2 is 1.76 bits per heavy atom. The lowest BCUT2D eigenvalue weighted by atomic mass is 10.2. The van der Waals surface area contributed by atoms with Gasteiger partial charge in [-0.05, 0) is 50.4 Å². The first kappa shape index (κ1) is 20.6. The predicted octanol–water partition coefficient (Wildman–Crippen LogP) is 0.923. The average molecular weight is 410 g/mol. The van der Waals surface area contributed by atoms with Crippen LogP contribution in [0.2, 0.25) is 0 Å². The quantitative estimate of drug-likeness (QED) is 0.728. The van der Waals surface area contributed by atoms with Gasteiger partial charge < -0.3 is 5.32 Å². The van der Waals surface area contributed by atoms with E-state index < -0.39 is 20.0 Å². The van der Waals surface area contributed by atoms with Crippen LogP contribution in [-0.2, 0) is 20.0 Å². The summed E-state index contributed by atoms with van der Waals surface area (Å²) < 4.78 is 54.0. The Kier molecular flexibility index (Phi) is 6.86. The molecule has 1 aromatic rings. The number of hydrogen-bond donors (Lipinski definition) is 2. The maximum atomic E-state index is 12.6. The zero-order valence-corrected chi connectivity index (χ0v) is 16.3. The second-order valence-electron chi connectivity index (χ2n) is 6.23. The normalized spacial score (nSPS) is 22.0. The average Bonchev–Trinajstić information content (AvgIpc) is 3.27. The molecule has 0 saturated carbocycles. The largest absolute Gasteiger partial charge is 0.313 e. The van der Waals surface area contributed by atoms with E-state index in [0.29, 0.717) is 19.6 Å². The third-order valence-electron chi connectivity index (χ3n) is 4.50. The molecule has 0 amide bonds. The van der Waals surface area contributed by atoms with Gasteiger partial charge in [0.05, 0.1) is 9.79 Å². The molecule has 2 aliphatic rings. The lowest BCUT2D eigenvalue weighted by Gasteiger charge is -2.16. The van der Waals surface area contributed by atoms with Crippen LogP contribution in [0.5, 0.6) is 0 Å². The SMILES string of the molecule is Cl.O=S(=O)(NCC1CCCN1)c1cccc(S(=O)(=O)N2CCCC2)c1. The summed E-state index contributed by atoms with van der Waals surface area (Å²) in [6.45, 7) is 2.19. The molecule has 0 radical (unpaired) electrons. The Labute approximate surface area is 155 Å². The predicted molar refractivity (Wildman–Crippen MR) is 97.9 cm³/mol. The Bertz CT molecular complexity index is 787. The number of nitrogens with one attached hydrogen (secondary N) is 2. The van der Waals surface area contributed by atoms with Crippen molar-refractivity contribution in [2.24, 2.45) is 0 Å². The van der Waals surface area contributed by atoms with Crippen LogP contribution in [0.15, 0.2) is 34.1 Å². The topological polar surface area (TPSA) is 95.6 Å². The lowest BCUT2D eigenvalue weighted by molar-refractivity contribution is 0.477. The standard InChI is InChI=1S/C15H23N3O4S2.ClH/c19-23(20,17-12-13-5-4-8-16-13)14-6-3-7-15(11-14)24(21,22)18-9-1-2-10-18;/h3,6-7,11,13,16-17H,1-2,4-5,8-10,12H2;1H. The molecule has 142 valence electrons. The summed E-state index contributed by atoms with van der Waals surface area (Å²) in [5, 5.41) is 3.22. The van der Waals surface area contributed by atoms with Crippen molar-refractivity contribution in [3.05, 3.63) is 24.3 Å². The second kappa shape index (κ2) is 8.32. The van der Waals surface area contributed by atoms with Crippen LogP contribution >= 0.6 is 12.4 Å². The molecule has 10 heteroatoms. The molecule has 3 rings (SSSR count). The number of benzene rings is 1. The minimum atomic E-state index is -3.73. The molecule has 2 fully saturated rings. The van der Waals surface area contributed by atoms with Crippen molar-refractivity contribution in [1.82, 2.24) is 14.3 Å². The highest BCUT2D eigenvalue weighted by atomic mass is 35.5. The van der Waals surface area contributed by atoms with Crippen LogP contribution in [-0.4, -0.2) is 53.4 Å². The summed E-state index contributed by atoms with van der Waals surface area (Å²) in [5.74, 6) is 0. The number of rotatable bonds is 6. The Hall–Kier alpha value is -0.710. The minimum Gasteiger partial charge on any atom is -0.313 e. The van der Waals surface area contributed by atoms with Crippen LogP contribution < -0.4 is 10.0 Å². The van der Waals surface area contributed by atoms with E-state index in [1.165, 1.54) is 28.6 Å². The van der Waals surface area contributed by atoms with Gasteiger partial charge in [0.15, 0.2) is 0 Å². The van der Waals surface area contributed by atoms with E-state index in [1.54, 1.807) is 0 Å². The third-order valence-corrected chi connectivity index (χ3v) is 7.82. The molecular formula is C15H24ClN3O4S2. The summed E-state index contributed by atoms with van der Waals surface area (Å²) in [7, 11) is -7.35. The van der Waals surface area contributed by atoms with Gasteiger partial charge in [-0.25, -0.2) is 21.6 Å². The van der Waals surface area contributed by atoms with Crippen molar-refractivity contribution in [3.63, 3.8) is 0 Å². The molecule has 7 nitrogen and oxygen atoms in total. The molecule has 0 spiro atoms. The third kappa shape index (κ3) is 4.72. The smallest absolute Gasteiger partial charge is 0.243 e. The molecule has 2 saturated heterocycles. The van der Waals surface area contributed by atoms with Gasteiger partial charge in [-0.3, -0.25) is 0 Å². The van der Waals surface area contributed by atoms with Crippen molar-refractivity contribution >= 4 is 32.5 Å². The Balaban J connectivity index is 0.00000225. The monoisotopic (exact) mass is 409 g/mol. The summed E-state index contributed by atoms with van der Waals surface area (Å²) in [6.07, 6.45) is 3.65. The van der Waals surface area contributed by atoms with Crippen molar-refractivity contribution in [2.45, 2.75) is 41.5 Å². The van der Waals surface area contributed by atoms with Gasteiger partial charge >= 0.3 is 0 Å². The Morgan fingerprint density at radius 1 is 1.08 bits per heavy atom. The second-order valence-corrected chi connectivity index (χ2v) is 9.94. The van der Waals surface area contributed by atoms with Crippen molar-refractivity contribution in [1.29, 1.82) is 0 Å². The first-order valence-electron chi connectivity index (χ1n) is 8.23. The highest BCUT2D eigenvalue weighted by molar-refractivity contribution is 7.90. The van der Waals surface area contributed by atoms with Crippen molar-refractivity contribution in [2.75, 3.05) is 26.2 Å². The van der Waals surface area contributed by atoms with Crippen molar-refractivity contribution in [3.8, 4) is 0 Å². The van der Waals surface area contributed by atoms with E-state index in [9.17, 15) is 16.8 Å². The van der Waals surface area contributed by atoms with Gasteiger partial charge in [-0.15, -0.1) is 12.4 Å². The zero-order valence-electron chi connectivity index (χ0n) is 13.8. The fourth-order valence-electron chi connectivity index (χ4n) is 3.10. The lowest BCUT2D eigenvalue weighted by Crippen LogP contribution is -2.37. The Morgan fingerprint density at radius 3 is 2.40 bits per heavy atom. The van der Waals surface area contributed by atoms with E-state index in [4.69, 9.17) is 0 Å². The van der Waals surface area contributed by atoms with Crippen LogP contribution in [0.1, 0.15) is 25.7 Å². The van der Waals surface area contributed by atoms with Gasteiger partial charge in [-0.2, -0.15) is 4.31 Å². The first-order chi connectivity index (χ1) is 11.4. The molecule has 0 aliphatic carbocycles. The van der Waals surface area contributed by atoms with Gasteiger partial charge in [-0.1, -0.05) is 6.07 Å². The molecule has 1 unspecified atom stereocenters. The van der Waals surface area contributed by atoms with Crippen molar-refractivity contribution < 1.29 is 16.8 Å². The maximum absolute atomic E-state index is 12.6. The summed E-state index contributed by atoms with van der Waals surface area (Å²) >= 11 is 0. The minimum absolute atomic E-state index is 0. The van der Waals surface area contributed by atoms with Crippen LogP contribution in [0.4, 0.5) is 0 Å². The van der Waals surface area contributed by atoms with Crippen LogP contribution in [0.3, 0.4) is 0 Å².